The van der Waals surface area contributed by atoms with Crippen LogP contribution in [0.3, 0.4) is 0 Å². The number of rotatable bonds is 3. The summed E-state index contributed by atoms with van der Waals surface area (Å²) in [4.78, 5) is 11.6. The van der Waals surface area contributed by atoms with Crippen LogP contribution in [0, 0.1) is 35.4 Å². The van der Waals surface area contributed by atoms with Crippen LogP contribution in [-0.2, 0) is 6.42 Å². The zero-order valence-corrected chi connectivity index (χ0v) is 14.4. The number of benzene rings is 1. The molecule has 0 bridgehead atoms. The predicted octanol–water partition coefficient (Wildman–Crippen LogP) is 4.48. The van der Waals surface area contributed by atoms with E-state index in [0.717, 1.165) is 17.8 Å². The summed E-state index contributed by atoms with van der Waals surface area (Å²) in [5.74, 6) is -0.561. The summed E-state index contributed by atoms with van der Waals surface area (Å²) in [5, 5.41) is 16.4. The van der Waals surface area contributed by atoms with Crippen molar-refractivity contribution < 1.29 is 9.18 Å². The molecule has 0 amide bonds. The molecule has 0 atom stereocenters. The molecule has 4 nitrogen and oxygen atoms in total. The Hall–Kier alpha value is -2.92. The van der Waals surface area contributed by atoms with Gasteiger partial charge in [-0.3, -0.25) is 4.79 Å². The van der Waals surface area contributed by atoms with E-state index < -0.39 is 5.82 Å². The number of Topliss-reactive ketones (excluding diaryl/α,β-unsaturated/α-hetero) is 1. The molecule has 124 valence electrons. The average Bonchev–Trinajstić information content (AvgIpc) is 2.91. The summed E-state index contributed by atoms with van der Waals surface area (Å²) >= 11 is 0. The first-order chi connectivity index (χ1) is 11.4. The highest BCUT2D eigenvalue weighted by atomic mass is 19.1. The van der Waals surface area contributed by atoms with E-state index in [0.29, 0.717) is 17.7 Å². The Morgan fingerprint density at radius 2 is 1.88 bits per heavy atom. The molecule has 1 aromatic carbocycles. The first-order valence-corrected chi connectivity index (χ1v) is 7.70. The van der Waals surface area contributed by atoms with Crippen LogP contribution in [0.2, 0.25) is 0 Å². The maximum Gasteiger partial charge on any atom is 0.161 e. The Bertz CT molecular complexity index is 822. The molecule has 24 heavy (non-hydrogen) atoms. The highest BCUT2D eigenvalue weighted by molar-refractivity contribution is 5.95. The van der Waals surface area contributed by atoms with Crippen molar-refractivity contribution in [1.82, 2.24) is 4.57 Å². The van der Waals surface area contributed by atoms with Crippen LogP contribution in [0.5, 0.6) is 0 Å². The van der Waals surface area contributed by atoms with Gasteiger partial charge in [0, 0.05) is 29.1 Å². The van der Waals surface area contributed by atoms with Crippen molar-refractivity contribution in [3.8, 4) is 17.8 Å². The minimum Gasteiger partial charge on any atom is -0.317 e. The van der Waals surface area contributed by atoms with Crippen LogP contribution in [0.1, 0.15) is 54.5 Å². The molecule has 0 aliphatic carbocycles. The largest absolute Gasteiger partial charge is 0.317 e. The van der Waals surface area contributed by atoms with Crippen molar-refractivity contribution in [1.29, 1.82) is 10.5 Å². The predicted molar refractivity (Wildman–Crippen MR) is 90.5 cm³/mol. The summed E-state index contributed by atoms with van der Waals surface area (Å²) in [6.07, 6.45) is 1.36. The standard InChI is InChI=1S/C16H15FN2O.C3H5N/c1-4-13-7-15(11(3)20)10(2)19(13)14-6-5-12(9-18)16(17)8-14;1-2-3-4/h5-8H,4H2,1-3H3;2H2,1H3. The zero-order valence-electron chi connectivity index (χ0n) is 14.4. The first-order valence-electron chi connectivity index (χ1n) is 7.70. The molecular weight excluding hydrogens is 305 g/mol. The first kappa shape index (κ1) is 19.1. The van der Waals surface area contributed by atoms with Gasteiger partial charge in [0.25, 0.3) is 0 Å². The third kappa shape index (κ3) is 4.08. The van der Waals surface area contributed by atoms with Crippen LogP contribution in [0.15, 0.2) is 24.3 Å². The average molecular weight is 325 g/mol. The molecule has 0 radical (unpaired) electrons. The molecule has 2 rings (SSSR count). The topological polar surface area (TPSA) is 69.6 Å². The molecule has 1 heterocycles. The van der Waals surface area contributed by atoms with Gasteiger partial charge >= 0.3 is 0 Å². The summed E-state index contributed by atoms with van der Waals surface area (Å²) in [7, 11) is 0. The summed E-state index contributed by atoms with van der Waals surface area (Å²) in [5.41, 5.74) is 3.02. The third-order valence-corrected chi connectivity index (χ3v) is 3.55. The van der Waals surface area contributed by atoms with E-state index in [1.165, 1.54) is 19.1 Å². The molecule has 0 fully saturated rings. The summed E-state index contributed by atoms with van der Waals surface area (Å²) < 4.78 is 15.6. The second kappa shape index (κ2) is 8.64. The van der Waals surface area contributed by atoms with E-state index in [1.54, 1.807) is 12.1 Å². The highest BCUT2D eigenvalue weighted by Gasteiger charge is 2.16. The van der Waals surface area contributed by atoms with Crippen molar-refractivity contribution in [2.75, 3.05) is 0 Å². The lowest BCUT2D eigenvalue weighted by Crippen LogP contribution is -2.03. The monoisotopic (exact) mass is 325 g/mol. The molecule has 0 aliphatic heterocycles. The quantitative estimate of drug-likeness (QED) is 0.781. The number of hydrogen-bond acceptors (Lipinski definition) is 3. The summed E-state index contributed by atoms with van der Waals surface area (Å²) in [6, 6.07) is 10.0. The van der Waals surface area contributed by atoms with E-state index in [1.807, 2.05) is 37.5 Å². The maximum atomic E-state index is 13.8. The van der Waals surface area contributed by atoms with E-state index in [4.69, 9.17) is 10.5 Å². The molecule has 0 spiro atoms. The van der Waals surface area contributed by atoms with Gasteiger partial charge in [0.15, 0.2) is 5.78 Å². The lowest BCUT2D eigenvalue weighted by atomic mass is 10.2. The number of ketones is 1. The number of carbonyl (C=O) groups excluding carboxylic acids is 1. The van der Waals surface area contributed by atoms with Gasteiger partial charge in [-0.1, -0.05) is 13.8 Å². The van der Waals surface area contributed by atoms with Gasteiger partial charge in [-0.25, -0.2) is 4.39 Å². The van der Waals surface area contributed by atoms with Crippen LogP contribution >= 0.6 is 0 Å². The number of hydrogen-bond donors (Lipinski definition) is 0. The number of carbonyl (C=O) groups is 1. The molecule has 0 N–H and O–H groups in total. The Morgan fingerprint density at radius 1 is 1.25 bits per heavy atom. The normalized spacial score (nSPS) is 9.46. The smallest absolute Gasteiger partial charge is 0.161 e. The summed E-state index contributed by atoms with van der Waals surface area (Å²) in [6.45, 7) is 7.16. The second-order valence-corrected chi connectivity index (χ2v) is 5.17. The lowest BCUT2D eigenvalue weighted by molar-refractivity contribution is 0.101. The van der Waals surface area contributed by atoms with E-state index in [2.05, 4.69) is 0 Å². The Labute approximate surface area is 141 Å². The van der Waals surface area contributed by atoms with E-state index in [9.17, 15) is 9.18 Å². The molecule has 2 aromatic rings. The molecule has 0 aliphatic rings. The number of nitrogens with zero attached hydrogens (tertiary/aromatic N) is 3. The fourth-order valence-electron chi connectivity index (χ4n) is 2.38. The molecule has 0 saturated heterocycles. The Kier molecular flexibility index (Phi) is 6.89. The minimum atomic E-state index is -0.551. The molecule has 5 heteroatoms. The molecular formula is C19H20FN3O. The Morgan fingerprint density at radius 3 is 2.29 bits per heavy atom. The van der Waals surface area contributed by atoms with Crippen LogP contribution in [0.4, 0.5) is 4.39 Å². The van der Waals surface area contributed by atoms with Gasteiger partial charge in [-0.05, 0) is 44.5 Å². The van der Waals surface area contributed by atoms with Crippen LogP contribution in [0.25, 0.3) is 5.69 Å². The number of aromatic nitrogens is 1. The van der Waals surface area contributed by atoms with E-state index >= 15 is 0 Å². The SMILES string of the molecule is CCC#N.CCc1cc(C(C)=O)c(C)n1-c1ccc(C#N)c(F)c1. The fraction of sp³-hybridized carbons (Fsp3) is 0.316. The van der Waals surface area contributed by atoms with Gasteiger partial charge < -0.3 is 4.57 Å². The van der Waals surface area contributed by atoms with Gasteiger partial charge in [0.2, 0.25) is 0 Å². The Balaban J connectivity index is 0.000000648. The fourth-order valence-corrected chi connectivity index (χ4v) is 2.38. The van der Waals surface area contributed by atoms with Crippen molar-refractivity contribution in [2.24, 2.45) is 0 Å². The maximum absolute atomic E-state index is 13.8. The van der Waals surface area contributed by atoms with E-state index in [-0.39, 0.29) is 11.3 Å². The van der Waals surface area contributed by atoms with Gasteiger partial charge in [0.1, 0.15) is 11.9 Å². The van der Waals surface area contributed by atoms with Crippen molar-refractivity contribution >= 4 is 5.78 Å². The number of aryl methyl sites for hydroxylation is 1. The third-order valence-electron chi connectivity index (χ3n) is 3.55. The van der Waals surface area contributed by atoms with Gasteiger partial charge in [0.05, 0.1) is 11.6 Å². The van der Waals surface area contributed by atoms with Crippen molar-refractivity contribution in [3.05, 3.63) is 52.6 Å². The molecule has 0 unspecified atom stereocenters. The number of halogens is 1. The van der Waals surface area contributed by atoms with Crippen LogP contribution in [-0.4, -0.2) is 10.4 Å². The van der Waals surface area contributed by atoms with Crippen molar-refractivity contribution in [2.45, 2.75) is 40.5 Å². The van der Waals surface area contributed by atoms with Crippen molar-refractivity contribution in [3.63, 3.8) is 0 Å². The van der Waals surface area contributed by atoms with Crippen LogP contribution < -0.4 is 0 Å². The number of nitriles is 2. The van der Waals surface area contributed by atoms with Gasteiger partial charge in [-0.2, -0.15) is 10.5 Å². The second-order valence-electron chi connectivity index (χ2n) is 5.17. The lowest BCUT2D eigenvalue weighted by Gasteiger charge is -2.11. The molecule has 0 saturated carbocycles. The van der Waals surface area contributed by atoms with Gasteiger partial charge in [-0.15, -0.1) is 0 Å². The highest BCUT2D eigenvalue weighted by Crippen LogP contribution is 2.23. The minimum absolute atomic E-state index is 0.00920. The zero-order chi connectivity index (χ0) is 18.3. The molecule has 1 aromatic heterocycles.